The van der Waals surface area contributed by atoms with Crippen molar-refractivity contribution in [2.45, 2.75) is 0 Å². The molecule has 0 amide bonds. The highest BCUT2D eigenvalue weighted by molar-refractivity contribution is 8.62. The van der Waals surface area contributed by atoms with Crippen LogP contribution in [-0.2, 0) is 27.2 Å². The van der Waals surface area contributed by atoms with Crippen molar-refractivity contribution in [1.29, 1.82) is 0 Å². The van der Waals surface area contributed by atoms with Gasteiger partial charge in [0.15, 0.2) is 7.30 Å². The van der Waals surface area contributed by atoms with Crippen molar-refractivity contribution >= 4 is 27.2 Å². The van der Waals surface area contributed by atoms with Gasteiger partial charge in [0.2, 0.25) is 0 Å². The van der Waals surface area contributed by atoms with Crippen LogP contribution in [0, 0.1) is 0 Å². The highest BCUT2D eigenvalue weighted by Gasteiger charge is 2.52. The van der Waals surface area contributed by atoms with E-state index in [1.165, 1.54) is 24.3 Å². The van der Waals surface area contributed by atoms with E-state index in [0.29, 0.717) is 5.30 Å². The molecule has 0 aromatic heterocycles. The van der Waals surface area contributed by atoms with Crippen molar-refractivity contribution in [3.05, 3.63) is 81.0 Å². The van der Waals surface area contributed by atoms with Crippen molar-refractivity contribution in [3.63, 3.8) is 0 Å². The normalized spacial score (nSPS) is 11.9. The maximum atomic E-state index is 13.7. The summed E-state index contributed by atoms with van der Waals surface area (Å²) in [6, 6.07) is 8.64. The largest absolute Gasteiger partial charge is 0.366 e. The van der Waals surface area contributed by atoms with Gasteiger partial charge < -0.3 is 18.1 Å². The predicted molar refractivity (Wildman–Crippen MR) is 113 cm³/mol. The van der Waals surface area contributed by atoms with Gasteiger partial charge in [0, 0.05) is 0 Å². The lowest BCUT2D eigenvalue weighted by Crippen LogP contribution is -2.09. The van der Waals surface area contributed by atoms with Gasteiger partial charge in [-0.1, -0.05) is 54.6 Å². The summed E-state index contributed by atoms with van der Waals surface area (Å²) in [6.45, 7) is 14.0. The number of rotatable bonds is 15. The first-order valence-electron chi connectivity index (χ1n) is 8.05. The highest BCUT2D eigenvalue weighted by atomic mass is 32.5. The second-order valence-electron chi connectivity index (χ2n) is 4.90. The third-order valence-electron chi connectivity index (χ3n) is 2.87. The second kappa shape index (κ2) is 12.4. The lowest BCUT2D eigenvalue weighted by atomic mass is 10.4. The Labute approximate surface area is 162 Å². The summed E-state index contributed by atoms with van der Waals surface area (Å²) in [5.74, 6) is 0. The van der Waals surface area contributed by atoms with E-state index in [9.17, 15) is 9.13 Å². The fourth-order valence-electron chi connectivity index (χ4n) is 1.86. The molecular weight excluding hydrogens is 405 g/mol. The first-order chi connectivity index (χ1) is 13.0. The molecule has 0 aliphatic carbocycles. The van der Waals surface area contributed by atoms with E-state index in [2.05, 4.69) is 26.3 Å². The Morgan fingerprint density at radius 3 is 1.33 bits per heavy atom. The summed E-state index contributed by atoms with van der Waals surface area (Å²) in [6.07, 6.45) is 5.73. The molecule has 6 nitrogen and oxygen atoms in total. The Kier molecular flexibility index (Phi) is 11.0. The lowest BCUT2D eigenvalue weighted by molar-refractivity contribution is 0.247. The van der Waals surface area contributed by atoms with Crippen LogP contribution >= 0.6 is 21.9 Å². The molecule has 0 heterocycles. The highest BCUT2D eigenvalue weighted by Crippen LogP contribution is 2.94. The van der Waals surface area contributed by atoms with Crippen LogP contribution in [0.15, 0.2) is 81.0 Å². The van der Waals surface area contributed by atoms with Crippen LogP contribution in [0.4, 0.5) is 0 Å². The van der Waals surface area contributed by atoms with E-state index in [1.807, 2.05) is 0 Å². The Hall–Kier alpha value is -1.09. The smallest absolute Gasteiger partial charge is 0.301 e. The van der Waals surface area contributed by atoms with Crippen LogP contribution < -0.4 is 5.30 Å². The zero-order chi connectivity index (χ0) is 20.2. The molecule has 9 heteroatoms. The van der Waals surface area contributed by atoms with Crippen molar-refractivity contribution in [3.8, 4) is 0 Å². The van der Waals surface area contributed by atoms with Crippen molar-refractivity contribution in [1.82, 2.24) is 0 Å². The van der Waals surface area contributed by atoms with Gasteiger partial charge in [0.05, 0.1) is 26.4 Å². The monoisotopic (exact) mass is 430 g/mol. The van der Waals surface area contributed by atoms with Gasteiger partial charge in [-0.05, 0) is 5.30 Å². The standard InChI is InChI=1S/C18H25O6P3/c1-5-14-21-26(19,22-15-6-2)25(18-12-10-9-11-13-18)27(20,23-16-7-3)24-17-8-4/h5-13H,1-4,14-17H2. The fourth-order valence-corrected chi connectivity index (χ4v) is 14.6. The quantitative estimate of drug-likeness (QED) is 0.258. The summed E-state index contributed by atoms with van der Waals surface area (Å²) >= 11 is 0. The minimum absolute atomic E-state index is 0.0526. The van der Waals surface area contributed by atoms with E-state index < -0.39 is 21.9 Å². The SMILES string of the molecule is C=CCOP(=O)(OCC=C)P(c1ccccc1)P(=O)(OCC=C)OCC=C. The average Bonchev–Trinajstić information content (AvgIpc) is 2.69. The van der Waals surface area contributed by atoms with Crippen molar-refractivity contribution in [2.24, 2.45) is 0 Å². The molecule has 0 unspecified atom stereocenters. The molecule has 0 saturated carbocycles. The maximum absolute atomic E-state index is 13.7. The molecule has 148 valence electrons. The van der Waals surface area contributed by atoms with Crippen molar-refractivity contribution in [2.75, 3.05) is 26.4 Å². The van der Waals surface area contributed by atoms with Gasteiger partial charge in [-0.15, -0.1) is 26.3 Å². The predicted octanol–water partition coefficient (Wildman–Crippen LogP) is 5.82. The average molecular weight is 430 g/mol. The molecule has 0 N–H and O–H groups in total. The van der Waals surface area contributed by atoms with Crippen LogP contribution in [-0.4, -0.2) is 26.4 Å². The van der Waals surface area contributed by atoms with Crippen LogP contribution in [0.1, 0.15) is 0 Å². The molecule has 1 rings (SSSR count). The summed E-state index contributed by atoms with van der Waals surface area (Å²) in [7, 11) is -10.1. The van der Waals surface area contributed by atoms with Gasteiger partial charge >= 0.3 is 14.6 Å². The van der Waals surface area contributed by atoms with Crippen LogP contribution in [0.2, 0.25) is 0 Å². The lowest BCUT2D eigenvalue weighted by Gasteiger charge is -2.31. The van der Waals surface area contributed by atoms with Crippen LogP contribution in [0.25, 0.3) is 0 Å². The molecule has 27 heavy (non-hydrogen) atoms. The van der Waals surface area contributed by atoms with E-state index in [0.717, 1.165) is 0 Å². The summed E-state index contributed by atoms with van der Waals surface area (Å²) in [5, 5.41) is 0.500. The maximum Gasteiger partial charge on any atom is 0.366 e. The van der Waals surface area contributed by atoms with Crippen molar-refractivity contribution < 1.29 is 27.2 Å². The molecule has 0 bridgehead atoms. The molecule has 0 aliphatic heterocycles. The minimum Gasteiger partial charge on any atom is -0.301 e. The van der Waals surface area contributed by atoms with Gasteiger partial charge in [-0.2, -0.15) is 0 Å². The molecule has 0 radical (unpaired) electrons. The third-order valence-corrected chi connectivity index (χ3v) is 16.0. The molecule has 0 saturated heterocycles. The van der Waals surface area contributed by atoms with E-state index in [-0.39, 0.29) is 26.4 Å². The summed E-state index contributed by atoms with van der Waals surface area (Å²) in [5.41, 5.74) is 0. The van der Waals surface area contributed by atoms with E-state index >= 15 is 0 Å². The number of hydrogen-bond donors (Lipinski definition) is 0. The molecule has 0 atom stereocenters. The number of benzene rings is 1. The topological polar surface area (TPSA) is 71.1 Å². The first kappa shape index (κ1) is 23.9. The molecular formula is C18H25O6P3. The molecule has 0 spiro atoms. The van der Waals surface area contributed by atoms with E-state index in [4.69, 9.17) is 18.1 Å². The Morgan fingerprint density at radius 1 is 0.704 bits per heavy atom. The molecule has 0 aliphatic rings. The van der Waals surface area contributed by atoms with Gasteiger partial charge in [0.1, 0.15) is 0 Å². The summed E-state index contributed by atoms with van der Waals surface area (Å²) in [4.78, 5) is 0. The molecule has 0 fully saturated rings. The minimum atomic E-state index is -3.95. The zero-order valence-electron chi connectivity index (χ0n) is 15.1. The Bertz CT molecular complexity index is 645. The van der Waals surface area contributed by atoms with Crippen LogP contribution in [0.5, 0.6) is 0 Å². The van der Waals surface area contributed by atoms with Crippen LogP contribution in [0.3, 0.4) is 0 Å². The van der Waals surface area contributed by atoms with Gasteiger partial charge in [0.25, 0.3) is 0 Å². The fraction of sp³-hybridized carbons (Fsp3) is 0.222. The Balaban J connectivity index is 3.54. The molecule has 1 aromatic rings. The zero-order valence-corrected chi connectivity index (χ0v) is 17.8. The first-order valence-corrected chi connectivity index (χ1v) is 13.9. The third kappa shape index (κ3) is 7.10. The number of hydrogen-bond acceptors (Lipinski definition) is 6. The molecule has 1 aromatic carbocycles. The van der Waals surface area contributed by atoms with Gasteiger partial charge in [-0.25, -0.2) is 0 Å². The van der Waals surface area contributed by atoms with E-state index in [1.54, 1.807) is 30.3 Å². The summed E-state index contributed by atoms with van der Waals surface area (Å²) < 4.78 is 49.5. The van der Waals surface area contributed by atoms with Gasteiger partial charge in [-0.3, -0.25) is 9.13 Å². The second-order valence-corrected chi connectivity index (χ2v) is 15.2. The Morgan fingerprint density at radius 2 is 1.04 bits per heavy atom.